The molecule has 1 aliphatic rings. The molecule has 1 aliphatic heterocycles. The zero-order valence-corrected chi connectivity index (χ0v) is 10.5. The molecule has 2 rings (SSSR count). The van der Waals surface area contributed by atoms with Crippen LogP contribution >= 0.6 is 0 Å². The molecule has 0 aromatic heterocycles. The van der Waals surface area contributed by atoms with Crippen LogP contribution in [-0.2, 0) is 14.4 Å². The van der Waals surface area contributed by atoms with Crippen LogP contribution in [0.5, 0.6) is 0 Å². The number of benzene rings is 1. The molecular formula is C13H12N2O4. The summed E-state index contributed by atoms with van der Waals surface area (Å²) in [6.45, 7) is 2.88. The van der Waals surface area contributed by atoms with E-state index in [1.54, 1.807) is 31.2 Å². The summed E-state index contributed by atoms with van der Waals surface area (Å²) >= 11 is 0. The van der Waals surface area contributed by atoms with E-state index in [1.165, 1.54) is 0 Å². The fraction of sp³-hybridized carbons (Fsp3) is 0.231. The molecule has 1 atom stereocenters. The molecule has 1 aromatic carbocycles. The predicted molar refractivity (Wildman–Crippen MR) is 66.4 cm³/mol. The highest BCUT2D eigenvalue weighted by molar-refractivity contribution is 6.34. The van der Waals surface area contributed by atoms with Crippen molar-refractivity contribution in [1.82, 2.24) is 5.32 Å². The van der Waals surface area contributed by atoms with Gasteiger partial charge in [-0.15, -0.1) is 0 Å². The Balaban J connectivity index is 2.48. The van der Waals surface area contributed by atoms with E-state index >= 15 is 0 Å². The molecule has 1 N–H and O–H groups in total. The summed E-state index contributed by atoms with van der Waals surface area (Å²) in [5, 5.41) is 2.02. The maximum atomic E-state index is 12.2. The van der Waals surface area contributed by atoms with Gasteiger partial charge in [0.15, 0.2) is 11.7 Å². The highest BCUT2D eigenvalue weighted by atomic mass is 16.2. The number of carbonyl (C=O) groups is 4. The first-order valence-corrected chi connectivity index (χ1v) is 5.68. The monoisotopic (exact) mass is 260 g/mol. The molecule has 0 bridgehead atoms. The summed E-state index contributed by atoms with van der Waals surface area (Å²) in [6, 6.07) is 5.91. The number of nitrogens with zero attached hydrogens (tertiary/aromatic N) is 1. The molecule has 0 saturated carbocycles. The fourth-order valence-electron chi connectivity index (χ4n) is 1.98. The number of urea groups is 1. The Hall–Kier alpha value is -2.50. The van der Waals surface area contributed by atoms with E-state index in [0.717, 1.165) is 11.8 Å². The first kappa shape index (κ1) is 12.9. The number of barbiturate groups is 1. The third-order valence-electron chi connectivity index (χ3n) is 2.93. The number of aryl methyl sites for hydroxylation is 1. The summed E-state index contributed by atoms with van der Waals surface area (Å²) in [4.78, 5) is 47.7. The van der Waals surface area contributed by atoms with Gasteiger partial charge in [0.25, 0.3) is 5.91 Å². The van der Waals surface area contributed by atoms with Gasteiger partial charge < -0.3 is 0 Å². The maximum Gasteiger partial charge on any atom is 0.335 e. The number of anilines is 1. The Morgan fingerprint density at radius 2 is 1.84 bits per heavy atom. The molecule has 1 fully saturated rings. The van der Waals surface area contributed by atoms with Crippen LogP contribution in [0.4, 0.5) is 10.5 Å². The summed E-state index contributed by atoms with van der Waals surface area (Å²) in [7, 11) is 0. The number of carbonyl (C=O) groups excluding carboxylic acids is 4. The SMILES string of the molecule is CC(=O)[C@@H]1C(=O)NC(=O)N(c2ccccc2C)C1=O. The van der Waals surface area contributed by atoms with Gasteiger partial charge in [-0.1, -0.05) is 18.2 Å². The number of nitrogens with one attached hydrogen (secondary N) is 1. The van der Waals surface area contributed by atoms with Gasteiger partial charge in [-0.25, -0.2) is 9.69 Å². The van der Waals surface area contributed by atoms with E-state index in [2.05, 4.69) is 0 Å². The molecular weight excluding hydrogens is 248 g/mol. The Morgan fingerprint density at radius 3 is 2.42 bits per heavy atom. The van der Waals surface area contributed by atoms with Gasteiger partial charge in [-0.05, 0) is 25.5 Å². The minimum Gasteiger partial charge on any atom is -0.299 e. The van der Waals surface area contributed by atoms with Crippen LogP contribution < -0.4 is 10.2 Å². The minimum absolute atomic E-state index is 0.365. The first-order valence-electron chi connectivity index (χ1n) is 5.68. The molecule has 98 valence electrons. The second-order valence-electron chi connectivity index (χ2n) is 4.30. The van der Waals surface area contributed by atoms with Crippen LogP contribution in [0, 0.1) is 12.8 Å². The van der Waals surface area contributed by atoms with Gasteiger partial charge in [0, 0.05) is 0 Å². The number of hydrogen-bond acceptors (Lipinski definition) is 4. The summed E-state index contributed by atoms with van der Waals surface area (Å²) in [5.74, 6) is -3.73. The van der Waals surface area contributed by atoms with Crippen LogP contribution in [0.25, 0.3) is 0 Å². The van der Waals surface area contributed by atoms with Crippen molar-refractivity contribution in [2.75, 3.05) is 4.90 Å². The molecule has 1 aromatic rings. The van der Waals surface area contributed by atoms with E-state index in [4.69, 9.17) is 0 Å². The lowest BCUT2D eigenvalue weighted by Crippen LogP contribution is -2.60. The van der Waals surface area contributed by atoms with E-state index in [1.807, 2.05) is 5.32 Å². The molecule has 0 radical (unpaired) electrons. The lowest BCUT2D eigenvalue weighted by molar-refractivity contribution is -0.140. The molecule has 6 nitrogen and oxygen atoms in total. The van der Waals surface area contributed by atoms with E-state index < -0.39 is 29.5 Å². The standard InChI is InChI=1S/C13H12N2O4/c1-7-5-3-4-6-9(7)15-12(18)10(8(2)16)11(17)14-13(15)19/h3-6,10H,1-2H3,(H,14,17,19)/t10-/m1/s1. The lowest BCUT2D eigenvalue weighted by atomic mass is 9.99. The van der Waals surface area contributed by atoms with Crippen molar-refractivity contribution in [2.24, 2.45) is 5.92 Å². The van der Waals surface area contributed by atoms with Crippen LogP contribution in [0.2, 0.25) is 0 Å². The summed E-state index contributed by atoms with van der Waals surface area (Å²) in [6.07, 6.45) is 0. The van der Waals surface area contributed by atoms with Gasteiger partial charge in [0.2, 0.25) is 5.91 Å². The topological polar surface area (TPSA) is 83.6 Å². The number of amides is 4. The highest BCUT2D eigenvalue weighted by Crippen LogP contribution is 2.24. The third-order valence-corrected chi connectivity index (χ3v) is 2.93. The summed E-state index contributed by atoms with van der Waals surface area (Å²) < 4.78 is 0. The van der Waals surface area contributed by atoms with Crippen LogP contribution in [0.1, 0.15) is 12.5 Å². The molecule has 6 heteroatoms. The number of para-hydroxylation sites is 1. The first-order chi connectivity index (χ1) is 8.93. The molecule has 0 spiro atoms. The quantitative estimate of drug-likeness (QED) is 0.796. The molecule has 4 amide bonds. The van der Waals surface area contributed by atoms with Crippen LogP contribution in [0.15, 0.2) is 24.3 Å². The molecule has 0 aliphatic carbocycles. The lowest BCUT2D eigenvalue weighted by Gasteiger charge is -2.29. The number of Topliss-reactive ketones (excluding diaryl/α,β-unsaturated/α-hetero) is 1. The number of ketones is 1. The number of imide groups is 2. The van der Waals surface area contributed by atoms with Gasteiger partial charge in [0.1, 0.15) is 0 Å². The van der Waals surface area contributed by atoms with Gasteiger partial charge in [-0.3, -0.25) is 19.7 Å². The van der Waals surface area contributed by atoms with Crippen molar-refractivity contribution >= 4 is 29.3 Å². The molecule has 1 saturated heterocycles. The van der Waals surface area contributed by atoms with Gasteiger partial charge in [0.05, 0.1) is 5.69 Å². The largest absolute Gasteiger partial charge is 0.335 e. The molecule has 0 unspecified atom stereocenters. The Bertz CT molecular complexity index is 594. The Kier molecular flexibility index (Phi) is 3.16. The smallest absolute Gasteiger partial charge is 0.299 e. The average Bonchev–Trinajstić information content (AvgIpc) is 2.30. The van der Waals surface area contributed by atoms with E-state index in [0.29, 0.717) is 11.3 Å². The van der Waals surface area contributed by atoms with Crippen LogP contribution in [0.3, 0.4) is 0 Å². The predicted octanol–water partition coefficient (Wildman–Crippen LogP) is 0.783. The maximum absolute atomic E-state index is 12.2. The number of hydrogen-bond donors (Lipinski definition) is 1. The molecule has 19 heavy (non-hydrogen) atoms. The van der Waals surface area contributed by atoms with Crippen molar-refractivity contribution in [1.29, 1.82) is 0 Å². The number of rotatable bonds is 2. The van der Waals surface area contributed by atoms with Gasteiger partial charge in [-0.2, -0.15) is 0 Å². The minimum atomic E-state index is -1.46. The van der Waals surface area contributed by atoms with Crippen molar-refractivity contribution < 1.29 is 19.2 Å². The van der Waals surface area contributed by atoms with Crippen molar-refractivity contribution in [2.45, 2.75) is 13.8 Å². The van der Waals surface area contributed by atoms with E-state index in [9.17, 15) is 19.2 Å². The normalized spacial score (nSPS) is 19.4. The zero-order chi connectivity index (χ0) is 14.2. The Labute approximate surface area is 109 Å². The third kappa shape index (κ3) is 2.12. The molecule has 1 heterocycles. The van der Waals surface area contributed by atoms with Crippen molar-refractivity contribution in [3.63, 3.8) is 0 Å². The van der Waals surface area contributed by atoms with E-state index in [-0.39, 0.29) is 0 Å². The second kappa shape index (κ2) is 4.64. The van der Waals surface area contributed by atoms with Gasteiger partial charge >= 0.3 is 6.03 Å². The zero-order valence-electron chi connectivity index (χ0n) is 10.5. The Morgan fingerprint density at radius 1 is 1.21 bits per heavy atom. The fourth-order valence-corrected chi connectivity index (χ4v) is 1.98. The van der Waals surface area contributed by atoms with Crippen LogP contribution in [-0.4, -0.2) is 23.6 Å². The second-order valence-corrected chi connectivity index (χ2v) is 4.30. The highest BCUT2D eigenvalue weighted by Gasteiger charge is 2.44. The van der Waals surface area contributed by atoms with Crippen molar-refractivity contribution in [3.05, 3.63) is 29.8 Å². The van der Waals surface area contributed by atoms with Crippen molar-refractivity contribution in [3.8, 4) is 0 Å². The average molecular weight is 260 g/mol. The summed E-state index contributed by atoms with van der Waals surface area (Å²) in [5.41, 5.74) is 1.06.